The minimum absolute atomic E-state index is 0.626. The van der Waals surface area contributed by atoms with Gasteiger partial charge in [-0.05, 0) is 51.6 Å². The van der Waals surface area contributed by atoms with Crippen molar-refractivity contribution in [2.45, 2.75) is 65.8 Å². The van der Waals surface area contributed by atoms with E-state index in [2.05, 4.69) is 45.2 Å². The second kappa shape index (κ2) is 7.68. The van der Waals surface area contributed by atoms with Crippen molar-refractivity contribution < 1.29 is 0 Å². The summed E-state index contributed by atoms with van der Waals surface area (Å²) in [6.45, 7) is 8.93. The van der Waals surface area contributed by atoms with Crippen LogP contribution in [-0.4, -0.2) is 22.9 Å². The van der Waals surface area contributed by atoms with E-state index in [1.165, 1.54) is 42.6 Å². The van der Waals surface area contributed by atoms with Crippen molar-refractivity contribution in [1.82, 2.24) is 15.1 Å². The van der Waals surface area contributed by atoms with E-state index in [9.17, 15) is 0 Å². The van der Waals surface area contributed by atoms with Gasteiger partial charge in [0.05, 0.1) is 5.69 Å². The third kappa shape index (κ3) is 4.64. The van der Waals surface area contributed by atoms with Crippen LogP contribution in [0.5, 0.6) is 0 Å². The summed E-state index contributed by atoms with van der Waals surface area (Å²) >= 11 is 0. The molecular weight excluding hydrogens is 234 g/mol. The lowest BCUT2D eigenvalue weighted by Gasteiger charge is -2.20. The van der Waals surface area contributed by atoms with E-state index in [1.807, 2.05) is 11.7 Å². The summed E-state index contributed by atoms with van der Waals surface area (Å²) in [5, 5.41) is 7.98. The van der Waals surface area contributed by atoms with Crippen LogP contribution in [-0.2, 0) is 13.5 Å². The van der Waals surface area contributed by atoms with Crippen molar-refractivity contribution in [3.63, 3.8) is 0 Å². The molecule has 2 atom stereocenters. The maximum atomic E-state index is 4.50. The molecule has 3 heteroatoms. The first-order chi connectivity index (χ1) is 8.99. The van der Waals surface area contributed by atoms with Crippen molar-refractivity contribution in [2.75, 3.05) is 7.05 Å². The molecule has 1 rings (SSSR count). The average molecular weight is 265 g/mol. The van der Waals surface area contributed by atoms with Crippen LogP contribution in [0.2, 0.25) is 0 Å². The molecule has 1 aromatic rings. The fourth-order valence-electron chi connectivity index (χ4n) is 2.97. The molecule has 19 heavy (non-hydrogen) atoms. The quantitative estimate of drug-likeness (QED) is 0.781. The zero-order chi connectivity index (χ0) is 14.4. The minimum Gasteiger partial charge on any atom is -0.317 e. The highest BCUT2D eigenvalue weighted by atomic mass is 15.3. The molecule has 0 saturated carbocycles. The van der Waals surface area contributed by atoms with Crippen molar-refractivity contribution in [3.8, 4) is 0 Å². The van der Waals surface area contributed by atoms with Gasteiger partial charge in [-0.1, -0.05) is 26.7 Å². The third-order valence-corrected chi connectivity index (χ3v) is 4.28. The van der Waals surface area contributed by atoms with E-state index in [-0.39, 0.29) is 0 Å². The Morgan fingerprint density at radius 1 is 1.26 bits per heavy atom. The first-order valence-corrected chi connectivity index (χ1v) is 7.65. The first-order valence-electron chi connectivity index (χ1n) is 7.65. The standard InChI is InChI=1S/C16H31N3/c1-7-8-12(2)11-15(17-5)9-10-16-13(3)18-19(6)14(16)4/h12,15,17H,7-11H2,1-6H3. The Morgan fingerprint density at radius 2 is 1.95 bits per heavy atom. The fourth-order valence-corrected chi connectivity index (χ4v) is 2.97. The highest BCUT2D eigenvalue weighted by Crippen LogP contribution is 2.19. The van der Waals surface area contributed by atoms with E-state index in [0.29, 0.717) is 6.04 Å². The van der Waals surface area contributed by atoms with Gasteiger partial charge < -0.3 is 5.32 Å². The fraction of sp³-hybridized carbons (Fsp3) is 0.812. The summed E-state index contributed by atoms with van der Waals surface area (Å²) in [5.74, 6) is 0.818. The second-order valence-corrected chi connectivity index (χ2v) is 5.93. The van der Waals surface area contributed by atoms with Crippen molar-refractivity contribution >= 4 is 0 Å². The SMILES string of the molecule is CCCC(C)CC(CCc1c(C)nn(C)c1C)NC. The van der Waals surface area contributed by atoms with Crippen LogP contribution in [0.4, 0.5) is 0 Å². The molecule has 1 aromatic heterocycles. The molecule has 0 aliphatic rings. The minimum atomic E-state index is 0.626. The van der Waals surface area contributed by atoms with Crippen molar-refractivity contribution in [1.29, 1.82) is 0 Å². The zero-order valence-electron chi connectivity index (χ0n) is 13.6. The second-order valence-electron chi connectivity index (χ2n) is 5.93. The Labute approximate surface area is 118 Å². The van der Waals surface area contributed by atoms with Crippen LogP contribution in [0.3, 0.4) is 0 Å². The molecule has 1 heterocycles. The average Bonchev–Trinajstić information content (AvgIpc) is 2.60. The van der Waals surface area contributed by atoms with Gasteiger partial charge in [-0.2, -0.15) is 5.10 Å². The molecular formula is C16H31N3. The van der Waals surface area contributed by atoms with Crippen molar-refractivity contribution in [3.05, 3.63) is 17.0 Å². The molecule has 0 aliphatic carbocycles. The Bertz CT molecular complexity index is 382. The number of hydrogen-bond acceptors (Lipinski definition) is 2. The monoisotopic (exact) mass is 265 g/mol. The molecule has 0 fully saturated rings. The van der Waals surface area contributed by atoms with Gasteiger partial charge in [-0.3, -0.25) is 4.68 Å². The van der Waals surface area contributed by atoms with Gasteiger partial charge in [-0.15, -0.1) is 0 Å². The van der Waals surface area contributed by atoms with Gasteiger partial charge in [0.15, 0.2) is 0 Å². The molecule has 0 radical (unpaired) electrons. The topological polar surface area (TPSA) is 29.9 Å². The predicted octanol–water partition coefficient (Wildman–Crippen LogP) is 3.38. The summed E-state index contributed by atoms with van der Waals surface area (Å²) in [4.78, 5) is 0. The van der Waals surface area contributed by atoms with Gasteiger partial charge in [0.2, 0.25) is 0 Å². The normalized spacial score (nSPS) is 14.6. The smallest absolute Gasteiger partial charge is 0.0628 e. The van der Waals surface area contributed by atoms with Gasteiger partial charge in [0.25, 0.3) is 0 Å². The van der Waals surface area contributed by atoms with Crippen LogP contribution in [0.1, 0.15) is 56.5 Å². The summed E-state index contributed by atoms with van der Waals surface area (Å²) in [6, 6.07) is 0.626. The van der Waals surface area contributed by atoms with Gasteiger partial charge in [-0.25, -0.2) is 0 Å². The summed E-state index contributed by atoms with van der Waals surface area (Å²) in [7, 11) is 4.12. The number of hydrogen-bond donors (Lipinski definition) is 1. The molecule has 0 bridgehead atoms. The maximum Gasteiger partial charge on any atom is 0.0628 e. The van der Waals surface area contributed by atoms with E-state index in [0.717, 1.165) is 12.3 Å². The molecule has 110 valence electrons. The molecule has 0 aromatic carbocycles. The Morgan fingerprint density at radius 3 is 2.42 bits per heavy atom. The third-order valence-electron chi connectivity index (χ3n) is 4.28. The van der Waals surface area contributed by atoms with Gasteiger partial charge in [0.1, 0.15) is 0 Å². The van der Waals surface area contributed by atoms with E-state index in [1.54, 1.807) is 0 Å². The van der Waals surface area contributed by atoms with E-state index >= 15 is 0 Å². The molecule has 0 spiro atoms. The number of nitrogens with one attached hydrogen (secondary N) is 1. The first kappa shape index (κ1) is 16.2. The van der Waals surface area contributed by atoms with Gasteiger partial charge >= 0.3 is 0 Å². The summed E-state index contributed by atoms with van der Waals surface area (Å²) in [6.07, 6.45) is 6.25. The van der Waals surface area contributed by atoms with Crippen molar-refractivity contribution in [2.24, 2.45) is 13.0 Å². The van der Waals surface area contributed by atoms with Crippen LogP contribution < -0.4 is 5.32 Å². The van der Waals surface area contributed by atoms with E-state index < -0.39 is 0 Å². The summed E-state index contributed by atoms with van der Waals surface area (Å²) < 4.78 is 2.00. The molecule has 0 aliphatic heterocycles. The lowest BCUT2D eigenvalue weighted by molar-refractivity contribution is 0.383. The van der Waals surface area contributed by atoms with Crippen LogP contribution in [0.25, 0.3) is 0 Å². The predicted molar refractivity (Wildman–Crippen MR) is 82.5 cm³/mol. The van der Waals surface area contributed by atoms with Gasteiger partial charge in [0, 0.05) is 18.8 Å². The zero-order valence-corrected chi connectivity index (χ0v) is 13.6. The lowest BCUT2D eigenvalue weighted by Crippen LogP contribution is -2.28. The lowest BCUT2D eigenvalue weighted by atomic mass is 9.93. The van der Waals surface area contributed by atoms with Crippen LogP contribution in [0.15, 0.2) is 0 Å². The number of aryl methyl sites for hydroxylation is 2. The Kier molecular flexibility index (Phi) is 6.56. The molecule has 1 N–H and O–H groups in total. The van der Waals surface area contributed by atoms with E-state index in [4.69, 9.17) is 0 Å². The number of aromatic nitrogens is 2. The number of rotatable bonds is 8. The summed E-state index contributed by atoms with van der Waals surface area (Å²) in [5.41, 5.74) is 3.94. The Balaban J connectivity index is 2.53. The Hall–Kier alpha value is -0.830. The highest BCUT2D eigenvalue weighted by molar-refractivity contribution is 5.24. The number of nitrogens with zero attached hydrogens (tertiary/aromatic N) is 2. The van der Waals surface area contributed by atoms with Crippen LogP contribution >= 0.6 is 0 Å². The maximum absolute atomic E-state index is 4.50. The molecule has 0 amide bonds. The van der Waals surface area contributed by atoms with Crippen LogP contribution in [0, 0.1) is 19.8 Å². The molecule has 2 unspecified atom stereocenters. The molecule has 3 nitrogen and oxygen atoms in total. The molecule has 0 saturated heterocycles. The highest BCUT2D eigenvalue weighted by Gasteiger charge is 2.14. The largest absolute Gasteiger partial charge is 0.317 e.